The van der Waals surface area contributed by atoms with E-state index in [4.69, 9.17) is 23.9 Å². The quantitative estimate of drug-likeness (QED) is 0.338. The van der Waals surface area contributed by atoms with E-state index in [-0.39, 0.29) is 11.6 Å². The van der Waals surface area contributed by atoms with Crippen LogP contribution in [0.5, 0.6) is 5.88 Å². The van der Waals surface area contributed by atoms with E-state index in [0.717, 1.165) is 12.8 Å². The van der Waals surface area contributed by atoms with Crippen LogP contribution < -0.4 is 0 Å². The lowest BCUT2D eigenvalue weighted by Crippen LogP contribution is -1.96. The van der Waals surface area contributed by atoms with Crippen LogP contribution >= 0.6 is 23.6 Å². The molecule has 1 heterocycles. The second-order valence-corrected chi connectivity index (χ2v) is 5.95. The molecule has 0 spiro atoms. The molecule has 0 unspecified atom stereocenters. The number of hydrogen-bond acceptors (Lipinski definition) is 4. The molecule has 0 saturated heterocycles. The summed E-state index contributed by atoms with van der Waals surface area (Å²) >= 11 is 6.53. The second-order valence-electron chi connectivity index (χ2n) is 4.27. The Morgan fingerprint density at radius 3 is 2.77 bits per heavy atom. The molecule has 0 amide bonds. The van der Waals surface area contributed by atoms with Crippen LogP contribution in [0.1, 0.15) is 24.6 Å². The van der Waals surface area contributed by atoms with Gasteiger partial charge >= 0.3 is 5.97 Å². The van der Waals surface area contributed by atoms with Crippen LogP contribution in [0.25, 0.3) is 10.9 Å². The number of aromatic nitrogens is 1. The largest absolute Gasteiger partial charge is 0.493 e. The van der Waals surface area contributed by atoms with E-state index >= 15 is 0 Å². The van der Waals surface area contributed by atoms with Crippen molar-refractivity contribution in [2.45, 2.75) is 26.3 Å². The fourth-order valence-electron chi connectivity index (χ4n) is 1.55. The summed E-state index contributed by atoms with van der Waals surface area (Å²) in [7, 11) is 0. The van der Waals surface area contributed by atoms with E-state index in [1.165, 1.54) is 23.5 Å². The Hall–Kier alpha value is -2.17. The van der Waals surface area contributed by atoms with Crippen molar-refractivity contribution in [3.63, 3.8) is 0 Å². The summed E-state index contributed by atoms with van der Waals surface area (Å²) in [6.45, 7) is 9.45. The monoisotopic (exact) mass is 336 g/mol. The number of carbonyl (C=O) groups is 1. The van der Waals surface area contributed by atoms with Gasteiger partial charge in [0.1, 0.15) is 0 Å². The van der Waals surface area contributed by atoms with E-state index in [1.54, 1.807) is 22.8 Å². The molecule has 116 valence electrons. The Kier molecular flexibility index (Phi) is 7.29. The predicted octanol–water partition coefficient (Wildman–Crippen LogP) is 4.24. The first-order chi connectivity index (χ1) is 10.5. The Bertz CT molecular complexity index is 718. The summed E-state index contributed by atoms with van der Waals surface area (Å²) in [6.07, 6.45) is 9.58. The zero-order chi connectivity index (χ0) is 16.5. The third kappa shape index (κ3) is 4.98. The fourth-order valence-corrected chi connectivity index (χ4v) is 2.82. The van der Waals surface area contributed by atoms with Crippen molar-refractivity contribution in [3.05, 3.63) is 50.2 Å². The van der Waals surface area contributed by atoms with Crippen LogP contribution in [0.15, 0.2) is 30.0 Å². The number of aromatic hydroxyl groups is 1. The van der Waals surface area contributed by atoms with Crippen molar-refractivity contribution < 1.29 is 15.0 Å². The SMILES string of the molecule is [C-]#[N+]\C(=C/C=C/C=C/c1sc(=S)n(CCCC)c1O)C(=O)O. The van der Waals surface area contributed by atoms with E-state index in [1.807, 2.05) is 0 Å². The maximum absolute atomic E-state index is 10.6. The van der Waals surface area contributed by atoms with Gasteiger partial charge in [-0.05, 0) is 30.8 Å². The summed E-state index contributed by atoms with van der Waals surface area (Å²) < 4.78 is 2.32. The first-order valence-electron chi connectivity index (χ1n) is 6.59. The van der Waals surface area contributed by atoms with Crippen LogP contribution in [-0.2, 0) is 11.3 Å². The Labute approximate surface area is 138 Å². The van der Waals surface area contributed by atoms with Gasteiger partial charge in [0.25, 0.3) is 5.70 Å². The molecular formula is C15H16N2O3S2. The highest BCUT2D eigenvalue weighted by Gasteiger charge is 2.08. The summed E-state index contributed by atoms with van der Waals surface area (Å²) in [4.78, 5) is 14.1. The highest BCUT2D eigenvalue weighted by molar-refractivity contribution is 7.73. The highest BCUT2D eigenvalue weighted by Crippen LogP contribution is 2.27. The summed E-state index contributed by atoms with van der Waals surface area (Å²) in [5.41, 5.74) is -0.353. The van der Waals surface area contributed by atoms with Gasteiger partial charge in [0.15, 0.2) is 3.95 Å². The van der Waals surface area contributed by atoms with E-state index < -0.39 is 5.97 Å². The van der Waals surface area contributed by atoms with Crippen molar-refractivity contribution in [1.29, 1.82) is 0 Å². The van der Waals surface area contributed by atoms with Gasteiger partial charge in [-0.3, -0.25) is 9.36 Å². The molecule has 7 heteroatoms. The minimum absolute atomic E-state index is 0.149. The zero-order valence-corrected chi connectivity index (χ0v) is 13.7. The number of carboxylic acids is 1. The molecular weight excluding hydrogens is 320 g/mol. The van der Waals surface area contributed by atoms with Gasteiger partial charge in [0.05, 0.1) is 11.4 Å². The van der Waals surface area contributed by atoms with E-state index in [0.29, 0.717) is 15.4 Å². The van der Waals surface area contributed by atoms with Gasteiger partial charge in [-0.2, -0.15) is 0 Å². The third-order valence-electron chi connectivity index (χ3n) is 2.69. The van der Waals surface area contributed by atoms with Gasteiger partial charge in [-0.1, -0.05) is 31.6 Å². The summed E-state index contributed by atoms with van der Waals surface area (Å²) in [5.74, 6) is -1.11. The van der Waals surface area contributed by atoms with Crippen LogP contribution in [-0.4, -0.2) is 20.7 Å². The van der Waals surface area contributed by atoms with Gasteiger partial charge in [0.2, 0.25) is 5.88 Å². The number of allylic oxidation sites excluding steroid dienone is 4. The molecule has 0 fully saturated rings. The molecule has 0 aliphatic rings. The highest BCUT2D eigenvalue weighted by atomic mass is 32.1. The van der Waals surface area contributed by atoms with E-state index in [2.05, 4.69) is 11.8 Å². The smallest absolute Gasteiger partial charge is 0.333 e. The number of hydrogen-bond donors (Lipinski definition) is 2. The molecule has 0 saturated carbocycles. The summed E-state index contributed by atoms with van der Waals surface area (Å²) in [5, 5.41) is 18.8. The molecule has 0 radical (unpaired) electrons. The molecule has 0 atom stereocenters. The standard InChI is InChI=1S/C15H16N2O3S2/c1-3-4-10-17-13(18)12(22-15(17)21)9-7-5-6-8-11(16-2)14(19)20/h5-9,18H,3-4,10H2,1H3,(H,19,20)/b6-5+,9-7+,11-8-. The Balaban J connectivity index is 2.82. The molecule has 0 aliphatic heterocycles. The number of aliphatic carboxylic acids is 1. The number of rotatable bonds is 7. The lowest BCUT2D eigenvalue weighted by atomic mass is 10.3. The van der Waals surface area contributed by atoms with Crippen molar-refractivity contribution in [3.8, 4) is 5.88 Å². The molecule has 1 aromatic rings. The van der Waals surface area contributed by atoms with Gasteiger partial charge in [0, 0.05) is 6.54 Å². The van der Waals surface area contributed by atoms with Crippen molar-refractivity contribution in [2.24, 2.45) is 0 Å². The topological polar surface area (TPSA) is 66.8 Å². The maximum Gasteiger partial charge on any atom is 0.333 e. The van der Waals surface area contributed by atoms with Crippen molar-refractivity contribution in [1.82, 2.24) is 4.57 Å². The molecule has 0 aromatic carbocycles. The second kappa shape index (κ2) is 8.97. The van der Waals surface area contributed by atoms with Gasteiger partial charge < -0.3 is 10.2 Å². The van der Waals surface area contributed by atoms with Gasteiger partial charge in [-0.25, -0.2) is 4.85 Å². The fraction of sp³-hybridized carbons (Fsp3) is 0.267. The number of nitrogens with zero attached hydrogens (tertiary/aromatic N) is 2. The maximum atomic E-state index is 10.6. The molecule has 0 bridgehead atoms. The molecule has 0 aliphatic carbocycles. The van der Waals surface area contributed by atoms with Crippen LogP contribution in [0.2, 0.25) is 0 Å². The normalized spacial score (nSPS) is 12.1. The zero-order valence-electron chi connectivity index (χ0n) is 12.0. The average Bonchev–Trinajstić information content (AvgIpc) is 2.75. The summed E-state index contributed by atoms with van der Waals surface area (Å²) in [6, 6.07) is 0. The lowest BCUT2D eigenvalue weighted by Gasteiger charge is -2.02. The minimum atomic E-state index is -1.26. The molecule has 2 N–H and O–H groups in total. The van der Waals surface area contributed by atoms with E-state index in [9.17, 15) is 9.90 Å². The third-order valence-corrected chi connectivity index (χ3v) is 4.10. The van der Waals surface area contributed by atoms with Crippen LogP contribution in [0.3, 0.4) is 0 Å². The number of thiazole rings is 1. The number of carboxylic acid groups (broad SMARTS) is 1. The van der Waals surface area contributed by atoms with Crippen molar-refractivity contribution >= 4 is 35.6 Å². The van der Waals surface area contributed by atoms with Crippen molar-refractivity contribution in [2.75, 3.05) is 0 Å². The molecule has 5 nitrogen and oxygen atoms in total. The Morgan fingerprint density at radius 1 is 1.45 bits per heavy atom. The first-order valence-corrected chi connectivity index (χ1v) is 7.82. The molecule has 1 rings (SSSR count). The lowest BCUT2D eigenvalue weighted by molar-refractivity contribution is -0.132. The average molecular weight is 336 g/mol. The minimum Gasteiger partial charge on any atom is -0.493 e. The Morgan fingerprint density at radius 2 is 2.18 bits per heavy atom. The van der Waals surface area contributed by atoms with Crippen LogP contribution in [0.4, 0.5) is 0 Å². The predicted molar refractivity (Wildman–Crippen MR) is 90.2 cm³/mol. The first kappa shape index (κ1) is 17.9. The number of unbranched alkanes of at least 4 members (excludes halogenated alkanes) is 1. The molecule has 1 aromatic heterocycles. The van der Waals surface area contributed by atoms with Crippen LogP contribution in [0, 0.1) is 10.5 Å². The van der Waals surface area contributed by atoms with Gasteiger partial charge in [-0.15, -0.1) is 11.3 Å². The molecule has 22 heavy (non-hydrogen) atoms.